The zero-order valence-corrected chi connectivity index (χ0v) is 14.1. The zero-order valence-electron chi connectivity index (χ0n) is 13.3. The molecule has 0 amide bonds. The molecular formula is C18H12ClFN6. The van der Waals surface area contributed by atoms with Gasteiger partial charge in [-0.2, -0.15) is 9.97 Å². The lowest BCUT2D eigenvalue weighted by atomic mass is 10.3. The van der Waals surface area contributed by atoms with Gasteiger partial charge in [0.2, 0.25) is 5.95 Å². The first-order valence-electron chi connectivity index (χ1n) is 7.71. The van der Waals surface area contributed by atoms with Crippen molar-refractivity contribution in [2.24, 2.45) is 0 Å². The van der Waals surface area contributed by atoms with Crippen LogP contribution in [0.5, 0.6) is 0 Å². The van der Waals surface area contributed by atoms with E-state index in [1.54, 1.807) is 36.7 Å². The molecule has 6 nitrogen and oxygen atoms in total. The molecule has 0 aliphatic heterocycles. The molecule has 2 heterocycles. The average molecular weight is 367 g/mol. The van der Waals surface area contributed by atoms with Gasteiger partial charge in [-0.25, -0.2) is 14.4 Å². The van der Waals surface area contributed by atoms with E-state index >= 15 is 0 Å². The van der Waals surface area contributed by atoms with Crippen LogP contribution in [-0.4, -0.2) is 19.9 Å². The molecule has 26 heavy (non-hydrogen) atoms. The van der Waals surface area contributed by atoms with E-state index < -0.39 is 0 Å². The van der Waals surface area contributed by atoms with Crippen molar-refractivity contribution in [2.45, 2.75) is 0 Å². The number of benzene rings is 2. The Kier molecular flexibility index (Phi) is 4.28. The second-order valence-electron chi connectivity index (χ2n) is 5.39. The summed E-state index contributed by atoms with van der Waals surface area (Å²) < 4.78 is 13.1. The number of anilines is 4. The maximum absolute atomic E-state index is 13.1. The zero-order chi connectivity index (χ0) is 17.9. The van der Waals surface area contributed by atoms with E-state index in [2.05, 4.69) is 30.6 Å². The van der Waals surface area contributed by atoms with Crippen LogP contribution < -0.4 is 10.6 Å². The molecular weight excluding hydrogens is 355 g/mol. The average Bonchev–Trinajstić information content (AvgIpc) is 2.65. The van der Waals surface area contributed by atoms with E-state index in [9.17, 15) is 4.39 Å². The summed E-state index contributed by atoms with van der Waals surface area (Å²) >= 11 is 5.91. The fourth-order valence-electron chi connectivity index (χ4n) is 2.34. The standard InChI is InChI=1S/C18H12ClFN6/c19-11-1-5-14(6-2-11)24-18-25-16-15(21-9-10-22-16)17(26-18)23-13-7-3-12(20)4-8-13/h1-10H,(H2,22,23,24,25,26). The Morgan fingerprint density at radius 1 is 0.769 bits per heavy atom. The molecule has 2 N–H and O–H groups in total. The molecule has 4 aromatic rings. The lowest BCUT2D eigenvalue weighted by molar-refractivity contribution is 0.628. The molecule has 0 bridgehead atoms. The summed E-state index contributed by atoms with van der Waals surface area (Å²) in [6, 6.07) is 13.1. The van der Waals surface area contributed by atoms with Crippen LogP contribution in [0.15, 0.2) is 60.9 Å². The van der Waals surface area contributed by atoms with Crippen molar-refractivity contribution in [3.8, 4) is 0 Å². The summed E-state index contributed by atoms with van der Waals surface area (Å²) in [6.07, 6.45) is 3.12. The van der Waals surface area contributed by atoms with Crippen LogP contribution in [0, 0.1) is 5.82 Å². The summed E-state index contributed by atoms with van der Waals surface area (Å²) in [6.45, 7) is 0. The van der Waals surface area contributed by atoms with Crippen molar-refractivity contribution >= 4 is 45.9 Å². The molecule has 0 fully saturated rings. The van der Waals surface area contributed by atoms with Crippen LogP contribution in [-0.2, 0) is 0 Å². The lowest BCUT2D eigenvalue weighted by Crippen LogP contribution is -2.04. The third kappa shape index (κ3) is 3.52. The second kappa shape index (κ2) is 6.89. The molecule has 8 heteroatoms. The van der Waals surface area contributed by atoms with Crippen LogP contribution in [0.3, 0.4) is 0 Å². The maximum Gasteiger partial charge on any atom is 0.231 e. The van der Waals surface area contributed by atoms with Crippen molar-refractivity contribution in [3.63, 3.8) is 0 Å². The third-order valence-corrected chi connectivity index (χ3v) is 3.79. The van der Waals surface area contributed by atoms with Crippen LogP contribution in [0.25, 0.3) is 11.2 Å². The largest absolute Gasteiger partial charge is 0.338 e. The van der Waals surface area contributed by atoms with E-state index in [1.165, 1.54) is 12.1 Å². The minimum Gasteiger partial charge on any atom is -0.338 e. The number of halogens is 2. The fraction of sp³-hybridized carbons (Fsp3) is 0. The molecule has 128 valence electrons. The van der Waals surface area contributed by atoms with Crippen LogP contribution in [0.2, 0.25) is 5.02 Å². The van der Waals surface area contributed by atoms with Gasteiger partial charge >= 0.3 is 0 Å². The van der Waals surface area contributed by atoms with Gasteiger partial charge in [0, 0.05) is 28.8 Å². The number of nitrogens with zero attached hydrogens (tertiary/aromatic N) is 4. The van der Waals surface area contributed by atoms with Gasteiger partial charge in [-0.05, 0) is 48.5 Å². The van der Waals surface area contributed by atoms with Gasteiger partial charge in [-0.3, -0.25) is 0 Å². The second-order valence-corrected chi connectivity index (χ2v) is 5.82. The first-order valence-corrected chi connectivity index (χ1v) is 8.09. The molecule has 2 aromatic heterocycles. The van der Waals surface area contributed by atoms with Gasteiger partial charge in [0.1, 0.15) is 5.82 Å². The van der Waals surface area contributed by atoms with Crippen molar-refractivity contribution in [2.75, 3.05) is 10.6 Å². The molecule has 0 aliphatic rings. The van der Waals surface area contributed by atoms with Gasteiger partial charge < -0.3 is 10.6 Å². The first kappa shape index (κ1) is 16.2. The highest BCUT2D eigenvalue weighted by Gasteiger charge is 2.10. The van der Waals surface area contributed by atoms with Gasteiger partial charge in [0.25, 0.3) is 0 Å². The highest BCUT2D eigenvalue weighted by atomic mass is 35.5. The molecule has 0 unspecified atom stereocenters. The topological polar surface area (TPSA) is 75.6 Å². The number of hydrogen-bond acceptors (Lipinski definition) is 6. The Bertz CT molecular complexity index is 1050. The predicted octanol–water partition coefficient (Wildman–Crippen LogP) is 4.70. The normalized spacial score (nSPS) is 10.7. The summed E-state index contributed by atoms with van der Waals surface area (Å²) in [5.74, 6) is 0.504. The SMILES string of the molecule is Fc1ccc(Nc2nc(Nc3ccc(Cl)cc3)nc3nccnc23)cc1. The Labute approximate surface area is 153 Å². The van der Waals surface area contributed by atoms with Crippen LogP contribution in [0.4, 0.5) is 27.5 Å². The Morgan fingerprint density at radius 3 is 2.19 bits per heavy atom. The van der Waals surface area contributed by atoms with Crippen molar-refractivity contribution in [1.82, 2.24) is 19.9 Å². The van der Waals surface area contributed by atoms with E-state index in [0.29, 0.717) is 33.6 Å². The molecule has 4 rings (SSSR count). The van der Waals surface area contributed by atoms with Crippen molar-refractivity contribution in [1.29, 1.82) is 0 Å². The smallest absolute Gasteiger partial charge is 0.231 e. The predicted molar refractivity (Wildman–Crippen MR) is 99.5 cm³/mol. The highest BCUT2D eigenvalue weighted by molar-refractivity contribution is 6.30. The lowest BCUT2D eigenvalue weighted by Gasteiger charge is -2.11. The van der Waals surface area contributed by atoms with Crippen molar-refractivity contribution < 1.29 is 4.39 Å². The van der Waals surface area contributed by atoms with Gasteiger partial charge in [-0.1, -0.05) is 11.6 Å². The Hall–Kier alpha value is -3.32. The van der Waals surface area contributed by atoms with E-state index in [1.807, 2.05) is 12.1 Å². The number of hydrogen-bond donors (Lipinski definition) is 2. The Balaban J connectivity index is 1.72. The van der Waals surface area contributed by atoms with Crippen LogP contribution in [0.1, 0.15) is 0 Å². The number of nitrogens with one attached hydrogen (secondary N) is 2. The first-order chi connectivity index (χ1) is 12.7. The summed E-state index contributed by atoms with van der Waals surface area (Å²) in [4.78, 5) is 17.4. The number of rotatable bonds is 4. The van der Waals surface area contributed by atoms with E-state index in [0.717, 1.165) is 5.69 Å². The fourth-order valence-corrected chi connectivity index (χ4v) is 2.47. The molecule has 0 atom stereocenters. The third-order valence-electron chi connectivity index (χ3n) is 3.54. The molecule has 0 saturated carbocycles. The molecule has 0 spiro atoms. The molecule has 2 aromatic carbocycles. The maximum atomic E-state index is 13.1. The van der Waals surface area contributed by atoms with E-state index in [4.69, 9.17) is 11.6 Å². The monoisotopic (exact) mass is 366 g/mol. The van der Waals surface area contributed by atoms with Gasteiger partial charge in [0.05, 0.1) is 0 Å². The molecule has 0 saturated heterocycles. The summed E-state index contributed by atoms with van der Waals surface area (Å²) in [5.41, 5.74) is 2.40. The molecule has 0 radical (unpaired) electrons. The van der Waals surface area contributed by atoms with Gasteiger partial charge in [-0.15, -0.1) is 0 Å². The number of fused-ring (bicyclic) bond motifs is 1. The summed E-state index contributed by atoms with van der Waals surface area (Å²) in [5, 5.41) is 6.88. The minimum absolute atomic E-state index is 0.312. The van der Waals surface area contributed by atoms with Crippen LogP contribution >= 0.6 is 11.6 Å². The quantitative estimate of drug-likeness (QED) is 0.545. The number of aromatic nitrogens is 4. The molecule has 0 aliphatic carbocycles. The highest BCUT2D eigenvalue weighted by Crippen LogP contribution is 2.24. The van der Waals surface area contributed by atoms with Crippen molar-refractivity contribution in [3.05, 3.63) is 71.8 Å². The van der Waals surface area contributed by atoms with Gasteiger partial charge in [0.15, 0.2) is 17.0 Å². The summed E-state index contributed by atoms with van der Waals surface area (Å²) in [7, 11) is 0. The Morgan fingerprint density at radius 2 is 1.42 bits per heavy atom. The van der Waals surface area contributed by atoms with E-state index in [-0.39, 0.29) is 5.82 Å². The minimum atomic E-state index is -0.312.